The molecule has 0 aliphatic carbocycles. The van der Waals surface area contributed by atoms with Gasteiger partial charge in [-0.3, -0.25) is 0 Å². The first-order valence-corrected chi connectivity index (χ1v) is 5.95. The predicted molar refractivity (Wildman–Crippen MR) is 57.4 cm³/mol. The lowest BCUT2D eigenvalue weighted by molar-refractivity contribution is -0.137. The third kappa shape index (κ3) is 2.56. The molecule has 6 nitrogen and oxygen atoms in total. The van der Waals surface area contributed by atoms with Crippen LogP contribution < -0.4 is 0 Å². The van der Waals surface area contributed by atoms with Crippen molar-refractivity contribution in [2.45, 2.75) is 30.6 Å². The first kappa shape index (κ1) is 12.6. The zero-order chi connectivity index (χ0) is 11.4. The highest BCUT2D eigenvalue weighted by atomic mass is 32.2. The van der Waals surface area contributed by atoms with E-state index in [1.807, 2.05) is 6.26 Å². The Labute approximate surface area is 92.2 Å². The smallest absolute Gasteiger partial charge is 0.112 e. The summed E-state index contributed by atoms with van der Waals surface area (Å²) in [5.41, 5.74) is 8.11. The van der Waals surface area contributed by atoms with E-state index in [1.165, 1.54) is 11.8 Å². The first-order valence-electron chi connectivity index (χ1n) is 4.67. The molecule has 0 saturated carbocycles. The Morgan fingerprint density at radius 1 is 1.60 bits per heavy atom. The van der Waals surface area contributed by atoms with E-state index in [2.05, 4.69) is 10.0 Å². The number of nitrogens with zero attached hydrogens (tertiary/aromatic N) is 3. The number of aliphatic hydroxyl groups excluding tert-OH is 2. The maximum absolute atomic E-state index is 9.77. The molecule has 0 aromatic carbocycles. The molecule has 1 saturated heterocycles. The summed E-state index contributed by atoms with van der Waals surface area (Å²) in [5, 5.41) is 22.4. The van der Waals surface area contributed by atoms with Crippen molar-refractivity contribution in [3.05, 3.63) is 10.4 Å². The maximum Gasteiger partial charge on any atom is 0.112 e. The third-order valence-corrected chi connectivity index (χ3v) is 3.50. The van der Waals surface area contributed by atoms with E-state index in [4.69, 9.17) is 15.4 Å². The fraction of sp³-hybridized carbons (Fsp3) is 1.00. The van der Waals surface area contributed by atoms with Crippen molar-refractivity contribution in [1.82, 2.24) is 0 Å². The van der Waals surface area contributed by atoms with Crippen molar-refractivity contribution < 1.29 is 14.9 Å². The average Bonchev–Trinajstić information content (AvgIpc) is 2.25. The normalized spacial score (nSPS) is 40.9. The first-order chi connectivity index (χ1) is 7.15. The molecule has 7 heteroatoms. The zero-order valence-electron chi connectivity index (χ0n) is 8.65. The van der Waals surface area contributed by atoms with E-state index in [0.717, 1.165) is 0 Å². The Hall–Kier alpha value is -0.460. The molecule has 0 aromatic heterocycles. The largest absolute Gasteiger partial charge is 0.394 e. The van der Waals surface area contributed by atoms with Gasteiger partial charge in [0.05, 0.1) is 18.8 Å². The number of rotatable bonds is 3. The highest BCUT2D eigenvalue weighted by molar-refractivity contribution is 7.99. The van der Waals surface area contributed by atoms with E-state index in [1.54, 1.807) is 6.92 Å². The SMILES string of the molecule is CSC1OC(CO)[C@H](O)[C@H](C)[C@@H]1N=[N+]=[N-]. The molecule has 0 radical (unpaired) electrons. The van der Waals surface area contributed by atoms with Gasteiger partial charge in [0.1, 0.15) is 11.5 Å². The lowest BCUT2D eigenvalue weighted by atomic mass is 9.90. The summed E-state index contributed by atoms with van der Waals surface area (Å²) in [6.07, 6.45) is 0.445. The van der Waals surface area contributed by atoms with Gasteiger partial charge in [-0.15, -0.1) is 11.8 Å². The van der Waals surface area contributed by atoms with Crippen LogP contribution in [-0.2, 0) is 4.74 Å². The van der Waals surface area contributed by atoms with E-state index in [0.29, 0.717) is 0 Å². The van der Waals surface area contributed by atoms with E-state index in [9.17, 15) is 5.11 Å². The fourth-order valence-corrected chi connectivity index (χ4v) is 2.52. The quantitative estimate of drug-likeness (QED) is 0.426. The van der Waals surface area contributed by atoms with Gasteiger partial charge in [-0.25, -0.2) is 0 Å². The summed E-state index contributed by atoms with van der Waals surface area (Å²) in [6.45, 7) is 1.56. The second-order valence-electron chi connectivity index (χ2n) is 3.51. The Morgan fingerprint density at radius 3 is 2.73 bits per heavy atom. The molecule has 0 bridgehead atoms. The van der Waals surface area contributed by atoms with Crippen molar-refractivity contribution in [2.75, 3.05) is 12.9 Å². The van der Waals surface area contributed by atoms with Crippen LogP contribution in [0.15, 0.2) is 5.11 Å². The van der Waals surface area contributed by atoms with Crippen LogP contribution in [0.4, 0.5) is 0 Å². The summed E-state index contributed by atoms with van der Waals surface area (Å²) in [5.74, 6) is -0.218. The maximum atomic E-state index is 9.77. The van der Waals surface area contributed by atoms with Crippen molar-refractivity contribution in [3.8, 4) is 0 Å². The van der Waals surface area contributed by atoms with Crippen LogP contribution in [-0.4, -0.2) is 46.8 Å². The van der Waals surface area contributed by atoms with Crippen LogP contribution in [0.2, 0.25) is 0 Å². The summed E-state index contributed by atoms with van der Waals surface area (Å²) in [7, 11) is 0. The van der Waals surface area contributed by atoms with Gasteiger partial charge in [-0.05, 0) is 17.7 Å². The summed E-state index contributed by atoms with van der Waals surface area (Å²) in [4.78, 5) is 2.75. The van der Waals surface area contributed by atoms with Gasteiger partial charge in [0.2, 0.25) is 0 Å². The zero-order valence-corrected chi connectivity index (χ0v) is 9.46. The van der Waals surface area contributed by atoms with Crippen molar-refractivity contribution >= 4 is 11.8 Å². The standard InChI is InChI=1S/C8H15N3O3S/c1-4-6(10-11-9)8(15-2)14-5(3-12)7(4)13/h4-8,12-13H,3H2,1-2H3/t4-,5?,6+,7-,8?/m1/s1. The molecular formula is C8H15N3O3S. The third-order valence-electron chi connectivity index (χ3n) is 2.64. The Balaban J connectivity index is 2.83. The summed E-state index contributed by atoms with van der Waals surface area (Å²) in [6, 6.07) is -0.400. The molecule has 1 aliphatic heterocycles. The number of aliphatic hydroxyl groups is 2. The van der Waals surface area contributed by atoms with Crippen LogP contribution in [0.5, 0.6) is 0 Å². The molecular weight excluding hydrogens is 218 g/mol. The van der Waals surface area contributed by atoms with E-state index >= 15 is 0 Å². The summed E-state index contributed by atoms with van der Waals surface area (Å²) >= 11 is 1.41. The Bertz CT molecular complexity index is 258. The number of hydrogen-bond donors (Lipinski definition) is 2. The van der Waals surface area contributed by atoms with Gasteiger partial charge in [0.15, 0.2) is 0 Å². The minimum absolute atomic E-state index is 0.218. The minimum Gasteiger partial charge on any atom is -0.394 e. The molecule has 0 spiro atoms. The van der Waals surface area contributed by atoms with Crippen LogP contribution in [0.1, 0.15) is 6.92 Å². The van der Waals surface area contributed by atoms with Crippen molar-refractivity contribution in [2.24, 2.45) is 11.0 Å². The molecule has 15 heavy (non-hydrogen) atoms. The van der Waals surface area contributed by atoms with Gasteiger partial charge in [-0.2, -0.15) is 0 Å². The van der Waals surface area contributed by atoms with Crippen LogP contribution in [0.25, 0.3) is 10.4 Å². The topological polar surface area (TPSA) is 98.5 Å². The summed E-state index contributed by atoms with van der Waals surface area (Å²) < 4.78 is 5.43. The lowest BCUT2D eigenvalue weighted by Crippen LogP contribution is -2.52. The van der Waals surface area contributed by atoms with Gasteiger partial charge in [0, 0.05) is 4.91 Å². The lowest BCUT2D eigenvalue weighted by Gasteiger charge is -2.40. The number of ether oxygens (including phenoxy) is 1. The van der Waals surface area contributed by atoms with Crippen LogP contribution >= 0.6 is 11.8 Å². The van der Waals surface area contributed by atoms with Gasteiger partial charge < -0.3 is 14.9 Å². The number of azide groups is 1. The highest BCUT2D eigenvalue weighted by Gasteiger charge is 2.41. The van der Waals surface area contributed by atoms with E-state index < -0.39 is 18.2 Å². The Morgan fingerprint density at radius 2 is 2.27 bits per heavy atom. The molecule has 2 unspecified atom stereocenters. The molecule has 86 valence electrons. The van der Waals surface area contributed by atoms with E-state index in [-0.39, 0.29) is 18.0 Å². The fourth-order valence-electron chi connectivity index (χ4n) is 1.69. The van der Waals surface area contributed by atoms with Gasteiger partial charge in [-0.1, -0.05) is 12.0 Å². The molecule has 1 rings (SSSR count). The second kappa shape index (κ2) is 5.58. The van der Waals surface area contributed by atoms with Gasteiger partial charge >= 0.3 is 0 Å². The molecule has 0 aromatic rings. The number of thioether (sulfide) groups is 1. The highest BCUT2D eigenvalue weighted by Crippen LogP contribution is 2.32. The molecule has 0 amide bonds. The van der Waals surface area contributed by atoms with Crippen LogP contribution in [0, 0.1) is 5.92 Å². The predicted octanol–water partition coefficient (Wildman–Crippen LogP) is 0.742. The monoisotopic (exact) mass is 233 g/mol. The Kier molecular flexibility index (Phi) is 4.69. The molecule has 5 atom stereocenters. The minimum atomic E-state index is -0.797. The second-order valence-corrected chi connectivity index (χ2v) is 4.44. The average molecular weight is 233 g/mol. The van der Waals surface area contributed by atoms with Crippen molar-refractivity contribution in [1.29, 1.82) is 0 Å². The van der Waals surface area contributed by atoms with Crippen molar-refractivity contribution in [3.63, 3.8) is 0 Å². The van der Waals surface area contributed by atoms with Gasteiger partial charge in [0.25, 0.3) is 0 Å². The molecule has 1 aliphatic rings. The molecule has 2 N–H and O–H groups in total. The molecule has 1 heterocycles. The van der Waals surface area contributed by atoms with Crippen LogP contribution in [0.3, 0.4) is 0 Å². The molecule has 1 fully saturated rings. The number of hydrogen-bond acceptors (Lipinski definition) is 5.